The van der Waals surface area contributed by atoms with Gasteiger partial charge in [0.25, 0.3) is 0 Å². The van der Waals surface area contributed by atoms with Crippen LogP contribution in [0.3, 0.4) is 0 Å². The quantitative estimate of drug-likeness (QED) is 0.712. The summed E-state index contributed by atoms with van der Waals surface area (Å²) in [6.07, 6.45) is 0. The second-order valence-corrected chi connectivity index (χ2v) is 4.16. The highest BCUT2D eigenvalue weighted by Gasteiger charge is 2.20. The van der Waals surface area contributed by atoms with Crippen molar-refractivity contribution in [3.63, 3.8) is 0 Å². The zero-order chi connectivity index (χ0) is 10.8. The first-order chi connectivity index (χ1) is 7.18. The lowest BCUT2D eigenvalue weighted by molar-refractivity contribution is 0.0989. The summed E-state index contributed by atoms with van der Waals surface area (Å²) in [4.78, 5) is 2.39. The molecule has 0 spiro atoms. The molecule has 3 nitrogen and oxygen atoms in total. The van der Waals surface area contributed by atoms with Gasteiger partial charge in [-0.15, -0.1) is 0 Å². The van der Waals surface area contributed by atoms with E-state index in [9.17, 15) is 0 Å². The average Bonchev–Trinajstić information content (AvgIpc) is 2.20. The zero-order valence-electron chi connectivity index (χ0n) is 9.36. The number of morpholine rings is 1. The molecule has 82 valence electrons. The molecule has 0 aromatic heterocycles. The van der Waals surface area contributed by atoms with E-state index in [2.05, 4.69) is 24.8 Å². The second kappa shape index (κ2) is 4.11. The molecule has 1 aliphatic rings. The number of nitrogen functional groups attached to an aromatic ring is 1. The van der Waals surface area contributed by atoms with E-state index in [1.54, 1.807) is 0 Å². The van der Waals surface area contributed by atoms with Gasteiger partial charge in [-0.05, 0) is 37.6 Å². The van der Waals surface area contributed by atoms with Crippen LogP contribution >= 0.6 is 0 Å². The summed E-state index contributed by atoms with van der Waals surface area (Å²) < 4.78 is 5.43. The van der Waals surface area contributed by atoms with Crippen molar-refractivity contribution < 1.29 is 4.74 Å². The van der Waals surface area contributed by atoms with E-state index in [1.165, 1.54) is 11.3 Å². The van der Waals surface area contributed by atoms with Crippen LogP contribution in [-0.2, 0) is 4.74 Å². The number of rotatable bonds is 1. The van der Waals surface area contributed by atoms with Gasteiger partial charge in [-0.1, -0.05) is 0 Å². The molecule has 1 heterocycles. The number of aryl methyl sites for hydroxylation is 1. The molecule has 1 saturated heterocycles. The van der Waals surface area contributed by atoms with E-state index in [-0.39, 0.29) is 0 Å². The molecule has 1 atom stereocenters. The Bertz CT molecular complexity index is 351. The minimum Gasteiger partial charge on any atom is -0.399 e. The molecule has 1 aromatic rings. The maximum atomic E-state index is 5.75. The number of nitrogens with zero attached hydrogens (tertiary/aromatic N) is 1. The third-order valence-corrected chi connectivity index (χ3v) is 2.90. The van der Waals surface area contributed by atoms with Gasteiger partial charge in [0.2, 0.25) is 0 Å². The van der Waals surface area contributed by atoms with E-state index in [0.717, 1.165) is 25.4 Å². The molecule has 0 aliphatic carbocycles. The molecule has 3 heteroatoms. The van der Waals surface area contributed by atoms with Crippen LogP contribution in [-0.4, -0.2) is 25.8 Å². The van der Waals surface area contributed by atoms with Crippen molar-refractivity contribution in [1.29, 1.82) is 0 Å². The van der Waals surface area contributed by atoms with Crippen LogP contribution < -0.4 is 10.6 Å². The van der Waals surface area contributed by atoms with Gasteiger partial charge in [0, 0.05) is 24.0 Å². The van der Waals surface area contributed by atoms with Crippen LogP contribution in [0.2, 0.25) is 0 Å². The Hall–Kier alpha value is -1.22. The van der Waals surface area contributed by atoms with Crippen molar-refractivity contribution in [2.45, 2.75) is 19.9 Å². The van der Waals surface area contributed by atoms with Crippen LogP contribution in [0.25, 0.3) is 0 Å². The molecule has 1 unspecified atom stereocenters. The Labute approximate surface area is 90.8 Å². The maximum absolute atomic E-state index is 5.75. The van der Waals surface area contributed by atoms with E-state index >= 15 is 0 Å². The predicted molar refractivity (Wildman–Crippen MR) is 63.2 cm³/mol. The van der Waals surface area contributed by atoms with Crippen molar-refractivity contribution in [1.82, 2.24) is 0 Å². The van der Waals surface area contributed by atoms with Gasteiger partial charge in [0.1, 0.15) is 0 Å². The summed E-state index contributed by atoms with van der Waals surface area (Å²) in [7, 11) is 0. The third kappa shape index (κ3) is 2.07. The molecule has 15 heavy (non-hydrogen) atoms. The minimum atomic E-state index is 0.445. The number of hydrogen-bond acceptors (Lipinski definition) is 3. The van der Waals surface area contributed by atoms with Gasteiger partial charge in [-0.2, -0.15) is 0 Å². The van der Waals surface area contributed by atoms with Crippen LogP contribution in [0.4, 0.5) is 11.4 Å². The normalized spacial score (nSPS) is 21.7. The Balaban J connectivity index is 2.27. The van der Waals surface area contributed by atoms with Crippen molar-refractivity contribution >= 4 is 11.4 Å². The van der Waals surface area contributed by atoms with E-state index in [0.29, 0.717) is 6.04 Å². The van der Waals surface area contributed by atoms with E-state index < -0.39 is 0 Å². The fraction of sp³-hybridized carbons (Fsp3) is 0.500. The van der Waals surface area contributed by atoms with Crippen molar-refractivity contribution in [3.05, 3.63) is 23.8 Å². The van der Waals surface area contributed by atoms with Gasteiger partial charge in [0.05, 0.1) is 13.2 Å². The molecular weight excluding hydrogens is 188 g/mol. The van der Waals surface area contributed by atoms with Crippen molar-refractivity contribution in [2.75, 3.05) is 30.4 Å². The topological polar surface area (TPSA) is 38.5 Å². The molecule has 0 bridgehead atoms. The lowest BCUT2D eigenvalue weighted by Gasteiger charge is -2.36. The summed E-state index contributed by atoms with van der Waals surface area (Å²) in [6, 6.07) is 6.54. The minimum absolute atomic E-state index is 0.445. The smallest absolute Gasteiger partial charge is 0.0668 e. The summed E-state index contributed by atoms with van der Waals surface area (Å²) >= 11 is 0. The summed E-state index contributed by atoms with van der Waals surface area (Å²) in [5, 5.41) is 0. The number of nitrogens with two attached hydrogens (primary N) is 1. The first kappa shape index (κ1) is 10.3. The number of anilines is 2. The Morgan fingerprint density at radius 2 is 2.27 bits per heavy atom. The average molecular weight is 206 g/mol. The SMILES string of the molecule is Cc1cc(N)ccc1N1CCOCC1C. The molecule has 0 amide bonds. The van der Waals surface area contributed by atoms with E-state index in [1.807, 2.05) is 12.1 Å². The fourth-order valence-electron chi connectivity index (χ4n) is 2.09. The number of benzene rings is 1. The number of ether oxygens (including phenoxy) is 1. The lowest BCUT2D eigenvalue weighted by atomic mass is 10.1. The third-order valence-electron chi connectivity index (χ3n) is 2.90. The van der Waals surface area contributed by atoms with Gasteiger partial charge < -0.3 is 15.4 Å². The zero-order valence-corrected chi connectivity index (χ0v) is 9.36. The van der Waals surface area contributed by atoms with Crippen LogP contribution in [0.1, 0.15) is 12.5 Å². The monoisotopic (exact) mass is 206 g/mol. The second-order valence-electron chi connectivity index (χ2n) is 4.16. The fourth-order valence-corrected chi connectivity index (χ4v) is 2.09. The van der Waals surface area contributed by atoms with Crippen molar-refractivity contribution in [3.8, 4) is 0 Å². The highest BCUT2D eigenvalue weighted by molar-refractivity contribution is 5.59. The molecule has 1 aromatic carbocycles. The molecule has 1 fully saturated rings. The lowest BCUT2D eigenvalue weighted by Crippen LogP contribution is -2.44. The summed E-state index contributed by atoms with van der Waals surface area (Å²) in [5.74, 6) is 0. The largest absolute Gasteiger partial charge is 0.399 e. The van der Waals surface area contributed by atoms with Gasteiger partial charge in [-0.3, -0.25) is 0 Å². The summed E-state index contributed by atoms with van der Waals surface area (Å²) in [6.45, 7) is 6.88. The predicted octanol–water partition coefficient (Wildman–Crippen LogP) is 1.80. The molecule has 1 aliphatic heterocycles. The Morgan fingerprint density at radius 1 is 1.47 bits per heavy atom. The van der Waals surface area contributed by atoms with Gasteiger partial charge in [0.15, 0.2) is 0 Å². The molecule has 2 N–H and O–H groups in total. The number of hydrogen-bond donors (Lipinski definition) is 1. The maximum Gasteiger partial charge on any atom is 0.0668 e. The Morgan fingerprint density at radius 3 is 2.93 bits per heavy atom. The highest BCUT2D eigenvalue weighted by atomic mass is 16.5. The molecule has 2 rings (SSSR count). The standard InChI is InChI=1S/C12H18N2O/c1-9-7-11(13)3-4-12(9)14-5-6-15-8-10(14)2/h3-4,7,10H,5-6,8,13H2,1-2H3. The van der Waals surface area contributed by atoms with E-state index in [4.69, 9.17) is 10.5 Å². The Kier molecular flexibility index (Phi) is 2.82. The first-order valence-corrected chi connectivity index (χ1v) is 5.39. The van der Waals surface area contributed by atoms with Crippen LogP contribution in [0.5, 0.6) is 0 Å². The van der Waals surface area contributed by atoms with Crippen LogP contribution in [0, 0.1) is 6.92 Å². The first-order valence-electron chi connectivity index (χ1n) is 5.39. The highest BCUT2D eigenvalue weighted by Crippen LogP contribution is 2.25. The molecule has 0 saturated carbocycles. The van der Waals surface area contributed by atoms with Gasteiger partial charge in [-0.25, -0.2) is 0 Å². The van der Waals surface area contributed by atoms with Crippen LogP contribution in [0.15, 0.2) is 18.2 Å². The summed E-state index contributed by atoms with van der Waals surface area (Å²) in [5.41, 5.74) is 9.10. The molecule has 0 radical (unpaired) electrons. The molecular formula is C12H18N2O. The van der Waals surface area contributed by atoms with Crippen molar-refractivity contribution in [2.24, 2.45) is 0 Å². The van der Waals surface area contributed by atoms with Gasteiger partial charge >= 0.3 is 0 Å².